The lowest BCUT2D eigenvalue weighted by Crippen LogP contribution is -2.13. The Hall–Kier alpha value is -3.85. The Morgan fingerprint density at radius 2 is 1.86 bits per heavy atom. The Morgan fingerprint density at radius 3 is 2.54 bits per heavy atom. The Kier molecular flexibility index (Phi) is 4.89. The summed E-state index contributed by atoms with van der Waals surface area (Å²) in [7, 11) is 0. The molecule has 138 valence electrons. The summed E-state index contributed by atoms with van der Waals surface area (Å²) >= 11 is 1.30. The van der Waals surface area contributed by atoms with Crippen LogP contribution in [-0.2, 0) is 0 Å². The van der Waals surface area contributed by atoms with Gasteiger partial charge in [0.2, 0.25) is 4.80 Å². The van der Waals surface area contributed by atoms with Crippen LogP contribution in [-0.4, -0.2) is 20.9 Å². The SMILES string of the molecule is O=[N+]([O-])c1ccc(-n2nc(-c3ccco3)s/c2=N/N=C/c2ccccc2)cc1. The maximum atomic E-state index is 10.9. The van der Waals surface area contributed by atoms with Crippen LogP contribution in [0.2, 0.25) is 0 Å². The van der Waals surface area contributed by atoms with Crippen LogP contribution in [0.5, 0.6) is 0 Å². The molecule has 0 N–H and O–H groups in total. The van der Waals surface area contributed by atoms with E-state index in [2.05, 4.69) is 15.3 Å². The van der Waals surface area contributed by atoms with Crippen molar-refractivity contribution in [2.24, 2.45) is 10.2 Å². The highest BCUT2D eigenvalue weighted by Crippen LogP contribution is 2.21. The largest absolute Gasteiger partial charge is 0.462 e. The topological polar surface area (TPSA) is 98.8 Å². The zero-order chi connectivity index (χ0) is 19.3. The van der Waals surface area contributed by atoms with Gasteiger partial charge in [0.05, 0.1) is 23.1 Å². The van der Waals surface area contributed by atoms with E-state index in [4.69, 9.17) is 4.42 Å². The lowest BCUT2D eigenvalue weighted by molar-refractivity contribution is -0.384. The van der Waals surface area contributed by atoms with Crippen LogP contribution < -0.4 is 4.80 Å². The van der Waals surface area contributed by atoms with Gasteiger partial charge in [-0.1, -0.05) is 41.7 Å². The molecule has 2 aromatic carbocycles. The molecular weight excluding hydrogens is 378 g/mol. The average Bonchev–Trinajstić information content (AvgIpc) is 3.39. The van der Waals surface area contributed by atoms with E-state index in [0.29, 0.717) is 21.3 Å². The number of hydrogen-bond acceptors (Lipinski definition) is 7. The molecule has 0 aliphatic heterocycles. The molecule has 9 heteroatoms. The Morgan fingerprint density at radius 1 is 1.07 bits per heavy atom. The summed E-state index contributed by atoms with van der Waals surface area (Å²) < 4.78 is 6.99. The molecule has 0 unspecified atom stereocenters. The van der Waals surface area contributed by atoms with E-state index in [1.807, 2.05) is 30.3 Å². The summed E-state index contributed by atoms with van der Waals surface area (Å²) in [5.74, 6) is 0.606. The zero-order valence-corrected chi connectivity index (χ0v) is 15.2. The van der Waals surface area contributed by atoms with Crippen molar-refractivity contribution in [1.82, 2.24) is 9.78 Å². The second kappa shape index (κ2) is 7.80. The van der Waals surface area contributed by atoms with Gasteiger partial charge in [-0.15, -0.1) is 5.10 Å². The van der Waals surface area contributed by atoms with E-state index < -0.39 is 4.92 Å². The number of furan rings is 1. The molecule has 28 heavy (non-hydrogen) atoms. The minimum absolute atomic E-state index is 0.00595. The van der Waals surface area contributed by atoms with Crippen molar-refractivity contribution in [2.75, 3.05) is 0 Å². The number of nitro benzene ring substituents is 1. The van der Waals surface area contributed by atoms with E-state index in [1.165, 1.54) is 23.5 Å². The van der Waals surface area contributed by atoms with Crippen molar-refractivity contribution in [3.05, 3.63) is 93.5 Å². The average molecular weight is 391 g/mol. The molecule has 0 bridgehead atoms. The predicted molar refractivity (Wildman–Crippen MR) is 105 cm³/mol. The minimum Gasteiger partial charge on any atom is -0.462 e. The Bertz CT molecular complexity index is 1180. The molecule has 0 amide bonds. The minimum atomic E-state index is -0.445. The first-order valence-electron chi connectivity index (χ1n) is 8.22. The number of hydrogen-bond donors (Lipinski definition) is 0. The van der Waals surface area contributed by atoms with Gasteiger partial charge in [-0.05, 0) is 29.8 Å². The van der Waals surface area contributed by atoms with Crippen molar-refractivity contribution in [1.29, 1.82) is 0 Å². The highest BCUT2D eigenvalue weighted by atomic mass is 32.1. The van der Waals surface area contributed by atoms with Crippen LogP contribution in [0.25, 0.3) is 16.5 Å². The molecule has 0 saturated heterocycles. The fraction of sp³-hybridized carbons (Fsp3) is 0. The van der Waals surface area contributed by atoms with Crippen LogP contribution in [0.4, 0.5) is 5.69 Å². The Balaban J connectivity index is 1.76. The number of non-ortho nitro benzene ring substituents is 1. The van der Waals surface area contributed by atoms with Gasteiger partial charge in [-0.25, -0.2) is 4.68 Å². The summed E-state index contributed by atoms with van der Waals surface area (Å²) in [6.07, 6.45) is 3.21. The molecule has 0 fully saturated rings. The molecule has 4 rings (SSSR count). The van der Waals surface area contributed by atoms with E-state index in [-0.39, 0.29) is 5.69 Å². The van der Waals surface area contributed by atoms with Crippen LogP contribution >= 0.6 is 11.3 Å². The molecule has 0 spiro atoms. The fourth-order valence-corrected chi connectivity index (χ4v) is 3.25. The molecule has 0 radical (unpaired) electrons. The lowest BCUT2D eigenvalue weighted by Gasteiger charge is -2.00. The molecule has 0 aliphatic rings. The van der Waals surface area contributed by atoms with E-state index in [1.54, 1.807) is 41.4 Å². The molecule has 2 aromatic heterocycles. The number of nitrogens with zero attached hydrogens (tertiary/aromatic N) is 5. The normalized spacial score (nSPS) is 11.9. The van der Waals surface area contributed by atoms with Gasteiger partial charge in [0, 0.05) is 12.1 Å². The summed E-state index contributed by atoms with van der Waals surface area (Å²) in [6.45, 7) is 0. The van der Waals surface area contributed by atoms with Crippen LogP contribution in [0.3, 0.4) is 0 Å². The molecule has 4 aromatic rings. The summed E-state index contributed by atoms with van der Waals surface area (Å²) in [5, 5.41) is 24.5. The second-order valence-electron chi connectivity index (χ2n) is 5.61. The van der Waals surface area contributed by atoms with Gasteiger partial charge in [0.1, 0.15) is 0 Å². The number of aromatic nitrogens is 2. The van der Waals surface area contributed by atoms with E-state index in [9.17, 15) is 10.1 Å². The fourth-order valence-electron chi connectivity index (χ4n) is 2.41. The van der Waals surface area contributed by atoms with Crippen LogP contribution in [0.1, 0.15) is 5.56 Å². The third kappa shape index (κ3) is 3.79. The molecule has 0 atom stereocenters. The zero-order valence-electron chi connectivity index (χ0n) is 14.4. The number of benzene rings is 2. The summed E-state index contributed by atoms with van der Waals surface area (Å²) in [6, 6.07) is 19.3. The van der Waals surface area contributed by atoms with E-state index >= 15 is 0 Å². The van der Waals surface area contributed by atoms with Gasteiger partial charge < -0.3 is 4.42 Å². The smallest absolute Gasteiger partial charge is 0.269 e. The standard InChI is InChI=1S/C19H13N5O3S/c25-24(26)16-10-8-15(9-11-16)23-19(21-20-13-14-5-2-1-3-6-14)28-18(22-23)17-7-4-12-27-17/h1-13H/b20-13+,21-19+. The van der Waals surface area contributed by atoms with Gasteiger partial charge in [-0.3, -0.25) is 10.1 Å². The first-order valence-corrected chi connectivity index (χ1v) is 9.03. The highest BCUT2D eigenvalue weighted by Gasteiger charge is 2.12. The summed E-state index contributed by atoms with van der Waals surface area (Å²) in [5.41, 5.74) is 1.56. The first kappa shape index (κ1) is 17.6. The van der Waals surface area contributed by atoms with Crippen molar-refractivity contribution >= 4 is 23.2 Å². The van der Waals surface area contributed by atoms with Gasteiger partial charge in [0.15, 0.2) is 10.8 Å². The van der Waals surface area contributed by atoms with Crippen LogP contribution in [0.15, 0.2) is 87.6 Å². The van der Waals surface area contributed by atoms with Crippen molar-refractivity contribution in [2.45, 2.75) is 0 Å². The van der Waals surface area contributed by atoms with Crippen LogP contribution in [0, 0.1) is 10.1 Å². The van der Waals surface area contributed by atoms with Gasteiger partial charge >= 0.3 is 0 Å². The third-order valence-corrected chi connectivity index (χ3v) is 4.66. The second-order valence-corrected chi connectivity index (χ2v) is 6.56. The number of rotatable bonds is 5. The van der Waals surface area contributed by atoms with Gasteiger partial charge in [-0.2, -0.15) is 10.2 Å². The molecule has 0 aliphatic carbocycles. The highest BCUT2D eigenvalue weighted by molar-refractivity contribution is 7.12. The molecule has 8 nitrogen and oxygen atoms in total. The maximum Gasteiger partial charge on any atom is 0.269 e. The van der Waals surface area contributed by atoms with Gasteiger partial charge in [0.25, 0.3) is 5.69 Å². The van der Waals surface area contributed by atoms with Crippen molar-refractivity contribution in [3.63, 3.8) is 0 Å². The molecule has 2 heterocycles. The first-order chi connectivity index (χ1) is 13.7. The predicted octanol–water partition coefficient (Wildman–Crippen LogP) is 4.04. The quantitative estimate of drug-likeness (QED) is 0.291. The van der Waals surface area contributed by atoms with Crippen molar-refractivity contribution in [3.8, 4) is 16.5 Å². The van der Waals surface area contributed by atoms with Crippen molar-refractivity contribution < 1.29 is 9.34 Å². The summed E-state index contributed by atoms with van der Waals surface area (Å²) in [4.78, 5) is 10.9. The molecule has 0 saturated carbocycles. The molecular formula is C19H13N5O3S. The lowest BCUT2D eigenvalue weighted by atomic mass is 10.2. The van der Waals surface area contributed by atoms with E-state index in [0.717, 1.165) is 5.56 Å². The maximum absolute atomic E-state index is 10.9. The Labute approximate surface area is 162 Å². The monoisotopic (exact) mass is 391 g/mol. The number of nitro groups is 1. The third-order valence-electron chi connectivity index (χ3n) is 3.75.